The molecule has 4 N–H and O–H groups in total. The lowest BCUT2D eigenvalue weighted by atomic mass is 10.2. The van der Waals surface area contributed by atoms with Gasteiger partial charge in [0.1, 0.15) is 5.70 Å². The van der Waals surface area contributed by atoms with Crippen LogP contribution in [0.2, 0.25) is 0 Å². The number of imide groups is 1. The van der Waals surface area contributed by atoms with Gasteiger partial charge in [-0.05, 0) is 25.0 Å². The number of carbonyl (C=O) groups is 2. The summed E-state index contributed by atoms with van der Waals surface area (Å²) in [6, 6.07) is 1.72. The van der Waals surface area contributed by atoms with E-state index in [4.69, 9.17) is 0 Å². The first kappa shape index (κ1) is 17.2. The molecule has 3 aromatic rings. The smallest absolute Gasteiger partial charge is 0.326 e. The first-order valence-corrected chi connectivity index (χ1v) is 9.14. The molecule has 12 nitrogen and oxygen atoms in total. The standard InChI is InChI=1S/C17H18N10O2/c1-26-5-4-11(25-26)8-18-15-22-13-9(6-12-14(28)23-17(29)21-12)7-19-27(13)16(24-15)20-10-2-3-10/h4-7,10H,2-3,8H2,1H3,(H2,18,20,22,24)(H2,21,23,28,29)/b12-6-. The Hall–Kier alpha value is -3.96. The second-order valence-electron chi connectivity index (χ2n) is 6.93. The number of carbonyl (C=O) groups excluding carboxylic acids is 2. The molecule has 1 aliphatic heterocycles. The highest BCUT2D eigenvalue weighted by Crippen LogP contribution is 2.25. The average Bonchev–Trinajstić information content (AvgIpc) is 3.10. The summed E-state index contributed by atoms with van der Waals surface area (Å²) in [6.45, 7) is 0.461. The summed E-state index contributed by atoms with van der Waals surface area (Å²) in [5.74, 6) is 0.477. The van der Waals surface area contributed by atoms with Crippen LogP contribution in [0.15, 0.2) is 24.2 Å². The van der Waals surface area contributed by atoms with Crippen molar-refractivity contribution in [1.82, 2.24) is 40.0 Å². The van der Waals surface area contributed by atoms with E-state index in [0.29, 0.717) is 35.7 Å². The zero-order valence-electron chi connectivity index (χ0n) is 15.5. The van der Waals surface area contributed by atoms with Gasteiger partial charge in [-0.2, -0.15) is 24.7 Å². The topological polar surface area (TPSA) is 143 Å². The quantitative estimate of drug-likeness (QED) is 0.344. The number of aromatic nitrogens is 6. The van der Waals surface area contributed by atoms with Gasteiger partial charge in [0.2, 0.25) is 11.9 Å². The zero-order chi connectivity index (χ0) is 20.0. The van der Waals surface area contributed by atoms with E-state index >= 15 is 0 Å². The van der Waals surface area contributed by atoms with E-state index in [-0.39, 0.29) is 5.70 Å². The summed E-state index contributed by atoms with van der Waals surface area (Å²) < 4.78 is 3.31. The molecule has 3 aromatic heterocycles. The monoisotopic (exact) mass is 394 g/mol. The molecule has 0 aromatic carbocycles. The molecule has 3 amide bonds. The molecule has 12 heteroatoms. The summed E-state index contributed by atoms with van der Waals surface area (Å²) in [4.78, 5) is 32.3. The van der Waals surface area contributed by atoms with Gasteiger partial charge < -0.3 is 16.0 Å². The van der Waals surface area contributed by atoms with Crippen LogP contribution in [0, 0.1) is 0 Å². The minimum atomic E-state index is -0.554. The molecule has 0 atom stereocenters. The van der Waals surface area contributed by atoms with Crippen LogP contribution in [0.3, 0.4) is 0 Å². The van der Waals surface area contributed by atoms with Gasteiger partial charge in [0.15, 0.2) is 5.65 Å². The average molecular weight is 394 g/mol. The Bertz CT molecular complexity index is 1160. The number of amides is 3. The van der Waals surface area contributed by atoms with Gasteiger partial charge in [-0.15, -0.1) is 0 Å². The lowest BCUT2D eigenvalue weighted by Gasteiger charge is -2.09. The molecule has 5 rings (SSSR count). The van der Waals surface area contributed by atoms with Gasteiger partial charge in [-0.25, -0.2) is 4.79 Å². The molecule has 0 bridgehead atoms. The number of anilines is 2. The predicted molar refractivity (Wildman–Crippen MR) is 103 cm³/mol. The summed E-state index contributed by atoms with van der Waals surface area (Å²) >= 11 is 0. The molecule has 1 saturated carbocycles. The number of aryl methyl sites for hydroxylation is 1. The maximum Gasteiger partial charge on any atom is 0.326 e. The molecule has 2 fully saturated rings. The Morgan fingerprint density at radius 2 is 2.14 bits per heavy atom. The van der Waals surface area contributed by atoms with Crippen molar-refractivity contribution in [3.8, 4) is 0 Å². The minimum absolute atomic E-state index is 0.142. The molecule has 2 aliphatic rings. The third kappa shape index (κ3) is 3.47. The third-order valence-corrected chi connectivity index (χ3v) is 4.52. The van der Waals surface area contributed by atoms with Crippen LogP contribution in [0.25, 0.3) is 11.7 Å². The predicted octanol–water partition coefficient (Wildman–Crippen LogP) is 0.225. The van der Waals surface area contributed by atoms with Crippen LogP contribution in [0.5, 0.6) is 0 Å². The molecular weight excluding hydrogens is 376 g/mol. The van der Waals surface area contributed by atoms with Crippen molar-refractivity contribution in [2.75, 3.05) is 10.6 Å². The largest absolute Gasteiger partial charge is 0.351 e. The molecular formula is C17H18N10O2. The fraction of sp³-hybridized carbons (Fsp3) is 0.294. The lowest BCUT2D eigenvalue weighted by Crippen LogP contribution is -2.22. The number of nitrogens with one attached hydrogen (secondary N) is 4. The van der Waals surface area contributed by atoms with Crippen molar-refractivity contribution >= 4 is 35.6 Å². The number of rotatable bonds is 6. The van der Waals surface area contributed by atoms with Gasteiger partial charge in [0, 0.05) is 24.8 Å². The number of urea groups is 1. The van der Waals surface area contributed by atoms with E-state index in [1.165, 1.54) is 0 Å². The summed E-state index contributed by atoms with van der Waals surface area (Å²) in [7, 11) is 1.85. The maximum absolute atomic E-state index is 11.8. The molecule has 148 valence electrons. The van der Waals surface area contributed by atoms with E-state index < -0.39 is 11.9 Å². The molecule has 0 unspecified atom stereocenters. The minimum Gasteiger partial charge on any atom is -0.351 e. The fourth-order valence-electron chi connectivity index (χ4n) is 2.94. The van der Waals surface area contributed by atoms with Crippen LogP contribution in [0.4, 0.5) is 16.7 Å². The van der Waals surface area contributed by atoms with Crippen molar-refractivity contribution in [3.63, 3.8) is 0 Å². The van der Waals surface area contributed by atoms with E-state index in [1.807, 2.05) is 19.3 Å². The molecule has 29 heavy (non-hydrogen) atoms. The summed E-state index contributed by atoms with van der Waals surface area (Å²) in [5, 5.41) is 19.8. The Balaban J connectivity index is 1.50. The molecule has 1 saturated heterocycles. The Morgan fingerprint density at radius 1 is 1.28 bits per heavy atom. The highest BCUT2D eigenvalue weighted by molar-refractivity contribution is 6.14. The van der Waals surface area contributed by atoms with Crippen molar-refractivity contribution in [3.05, 3.63) is 35.4 Å². The zero-order valence-corrected chi connectivity index (χ0v) is 15.5. The normalized spacial score (nSPS) is 17.6. The highest BCUT2D eigenvalue weighted by Gasteiger charge is 2.25. The fourth-order valence-corrected chi connectivity index (χ4v) is 2.94. The van der Waals surface area contributed by atoms with E-state index in [1.54, 1.807) is 21.5 Å². The van der Waals surface area contributed by atoms with Gasteiger partial charge in [0.05, 0.1) is 18.4 Å². The van der Waals surface area contributed by atoms with E-state index in [0.717, 1.165) is 18.5 Å². The third-order valence-electron chi connectivity index (χ3n) is 4.52. The number of hydrogen-bond acceptors (Lipinski definition) is 8. The van der Waals surface area contributed by atoms with Crippen LogP contribution in [-0.2, 0) is 18.4 Å². The lowest BCUT2D eigenvalue weighted by molar-refractivity contribution is -0.115. The van der Waals surface area contributed by atoms with Crippen molar-refractivity contribution in [2.45, 2.75) is 25.4 Å². The molecule has 4 heterocycles. The Labute approximate surface area is 164 Å². The second-order valence-corrected chi connectivity index (χ2v) is 6.93. The second kappa shape index (κ2) is 6.58. The molecule has 0 radical (unpaired) electrons. The van der Waals surface area contributed by atoms with Crippen LogP contribution in [-0.4, -0.2) is 47.3 Å². The highest BCUT2D eigenvalue weighted by atomic mass is 16.2. The maximum atomic E-state index is 11.8. The van der Waals surface area contributed by atoms with Gasteiger partial charge in [0.25, 0.3) is 5.91 Å². The first-order chi connectivity index (χ1) is 14.0. The van der Waals surface area contributed by atoms with Gasteiger partial charge in [-0.1, -0.05) is 0 Å². The Morgan fingerprint density at radius 3 is 2.83 bits per heavy atom. The van der Waals surface area contributed by atoms with Crippen molar-refractivity contribution < 1.29 is 9.59 Å². The summed E-state index contributed by atoms with van der Waals surface area (Å²) in [5.41, 5.74) is 2.09. The van der Waals surface area contributed by atoms with Crippen molar-refractivity contribution in [1.29, 1.82) is 0 Å². The Kier molecular flexibility index (Phi) is 3.89. The van der Waals surface area contributed by atoms with Crippen LogP contribution >= 0.6 is 0 Å². The number of hydrogen-bond donors (Lipinski definition) is 4. The SMILES string of the molecule is Cn1ccc(CNc2nc(NC3CC3)n3ncc(/C=C4\NC(=O)NC4=O)c3n2)n1. The number of fused-ring (bicyclic) bond motifs is 1. The van der Waals surface area contributed by atoms with Gasteiger partial charge in [-0.3, -0.25) is 14.8 Å². The van der Waals surface area contributed by atoms with Crippen molar-refractivity contribution in [2.24, 2.45) is 7.05 Å². The van der Waals surface area contributed by atoms with Crippen LogP contribution < -0.4 is 21.3 Å². The number of nitrogens with zero attached hydrogens (tertiary/aromatic N) is 6. The summed E-state index contributed by atoms with van der Waals surface area (Å²) in [6.07, 6.45) is 7.14. The van der Waals surface area contributed by atoms with E-state index in [2.05, 4.69) is 41.4 Å². The van der Waals surface area contributed by atoms with Crippen LogP contribution in [0.1, 0.15) is 24.1 Å². The van der Waals surface area contributed by atoms with E-state index in [9.17, 15) is 9.59 Å². The first-order valence-electron chi connectivity index (χ1n) is 9.14. The van der Waals surface area contributed by atoms with Gasteiger partial charge >= 0.3 is 6.03 Å². The molecule has 0 spiro atoms. The molecule has 1 aliphatic carbocycles.